The molecule has 0 spiro atoms. The molecule has 5 nitrogen and oxygen atoms in total. The smallest absolute Gasteiger partial charge is 0.176 e. The van der Waals surface area contributed by atoms with Gasteiger partial charge in [-0.15, -0.1) is 0 Å². The Bertz CT molecular complexity index is 569. The number of phenolic OH excluding ortho intramolecular Hbond substituents is 1. The molecule has 0 atom stereocenters. The lowest BCUT2D eigenvalue weighted by Crippen LogP contribution is -1.94. The van der Waals surface area contributed by atoms with Crippen molar-refractivity contribution in [2.75, 3.05) is 12.8 Å². The number of anilines is 1. The number of nitrogens with two attached hydrogens (primary N) is 1. The molecule has 0 aliphatic rings. The average molecular weight is 242 g/mol. The van der Waals surface area contributed by atoms with Crippen LogP contribution < -0.4 is 10.5 Å². The molecule has 0 aliphatic carbocycles. The van der Waals surface area contributed by atoms with Gasteiger partial charge in [0.15, 0.2) is 34.7 Å². The largest absolute Gasteiger partial charge is 0.504 e. The highest BCUT2D eigenvalue weighted by Crippen LogP contribution is 2.41. The molecule has 17 heavy (non-hydrogen) atoms. The second kappa shape index (κ2) is 3.93. The number of aromatic hydroxyl groups is 1. The van der Waals surface area contributed by atoms with Crippen molar-refractivity contribution in [1.29, 1.82) is 0 Å². The van der Waals surface area contributed by atoms with Crippen LogP contribution in [-0.2, 0) is 0 Å². The first-order valence-corrected chi connectivity index (χ1v) is 4.52. The van der Waals surface area contributed by atoms with E-state index in [1.807, 2.05) is 0 Å². The number of ether oxygens (including phenoxy) is 1. The Morgan fingerprint density at radius 3 is 2.59 bits per heavy atom. The molecular formula is C10H8F2N2O3. The fourth-order valence-electron chi connectivity index (χ4n) is 1.43. The number of hydrogen-bond donors (Lipinski definition) is 2. The van der Waals surface area contributed by atoms with Gasteiger partial charge in [-0.2, -0.15) is 0 Å². The number of nitrogens with zero attached hydrogens (tertiary/aromatic N) is 1. The van der Waals surface area contributed by atoms with E-state index in [2.05, 4.69) is 5.16 Å². The van der Waals surface area contributed by atoms with E-state index in [0.717, 1.165) is 0 Å². The van der Waals surface area contributed by atoms with Crippen molar-refractivity contribution in [2.24, 2.45) is 0 Å². The van der Waals surface area contributed by atoms with Crippen LogP contribution in [-0.4, -0.2) is 17.4 Å². The van der Waals surface area contributed by atoms with Crippen molar-refractivity contribution >= 4 is 5.82 Å². The Morgan fingerprint density at radius 1 is 1.35 bits per heavy atom. The third kappa shape index (κ3) is 1.75. The van der Waals surface area contributed by atoms with Crippen molar-refractivity contribution < 1.29 is 23.1 Å². The van der Waals surface area contributed by atoms with Gasteiger partial charge in [0.25, 0.3) is 0 Å². The topological polar surface area (TPSA) is 81.5 Å². The molecule has 0 amide bonds. The first-order valence-electron chi connectivity index (χ1n) is 4.52. The highest BCUT2D eigenvalue weighted by molar-refractivity contribution is 5.74. The summed E-state index contributed by atoms with van der Waals surface area (Å²) in [6.07, 6.45) is 0. The molecule has 0 aliphatic heterocycles. The summed E-state index contributed by atoms with van der Waals surface area (Å²) in [4.78, 5) is 0. The van der Waals surface area contributed by atoms with Crippen LogP contribution in [0.3, 0.4) is 0 Å². The number of benzene rings is 1. The van der Waals surface area contributed by atoms with Gasteiger partial charge < -0.3 is 20.1 Å². The zero-order valence-electron chi connectivity index (χ0n) is 8.70. The van der Waals surface area contributed by atoms with E-state index in [-0.39, 0.29) is 22.9 Å². The predicted molar refractivity (Wildman–Crippen MR) is 54.5 cm³/mol. The van der Waals surface area contributed by atoms with Gasteiger partial charge in [0.1, 0.15) is 5.56 Å². The maximum atomic E-state index is 13.4. The van der Waals surface area contributed by atoms with Gasteiger partial charge in [0.05, 0.1) is 7.11 Å². The van der Waals surface area contributed by atoms with Gasteiger partial charge in [-0.3, -0.25) is 0 Å². The Hall–Kier alpha value is -2.31. The SMILES string of the molecule is COc1c(F)cc(F)c(O)c1-c1cc(N)no1. The number of nitrogen functional groups attached to an aromatic ring is 1. The Labute approximate surface area is 94.4 Å². The molecule has 0 unspecified atom stereocenters. The molecule has 0 saturated carbocycles. The lowest BCUT2D eigenvalue weighted by Gasteiger charge is -2.09. The Balaban J connectivity index is 2.74. The highest BCUT2D eigenvalue weighted by Gasteiger charge is 2.23. The first kappa shape index (κ1) is 11.2. The summed E-state index contributed by atoms with van der Waals surface area (Å²) < 4.78 is 36.1. The maximum absolute atomic E-state index is 13.4. The number of rotatable bonds is 2. The molecule has 90 valence electrons. The molecule has 1 aromatic carbocycles. The molecule has 3 N–H and O–H groups in total. The van der Waals surface area contributed by atoms with Crippen molar-refractivity contribution in [3.8, 4) is 22.8 Å². The van der Waals surface area contributed by atoms with Gasteiger partial charge in [-0.05, 0) is 0 Å². The van der Waals surface area contributed by atoms with E-state index in [1.165, 1.54) is 13.2 Å². The minimum atomic E-state index is -1.13. The summed E-state index contributed by atoms with van der Waals surface area (Å²) in [6.45, 7) is 0. The standard InChI is InChI=1S/C10H8F2N2O3/c1-16-10-5(12)2-4(11)9(15)8(10)6-3-7(13)14-17-6/h2-3,15H,1H3,(H2,13,14). The third-order valence-corrected chi connectivity index (χ3v) is 2.14. The van der Waals surface area contributed by atoms with Crippen LogP contribution in [0.2, 0.25) is 0 Å². The van der Waals surface area contributed by atoms with E-state index >= 15 is 0 Å². The average Bonchev–Trinajstić information content (AvgIpc) is 2.69. The van der Waals surface area contributed by atoms with E-state index in [9.17, 15) is 13.9 Å². The molecule has 1 heterocycles. The van der Waals surface area contributed by atoms with Crippen molar-refractivity contribution in [3.05, 3.63) is 23.8 Å². The number of phenols is 1. The van der Waals surface area contributed by atoms with E-state index < -0.39 is 17.4 Å². The van der Waals surface area contributed by atoms with Crippen LogP contribution in [0.25, 0.3) is 11.3 Å². The monoisotopic (exact) mass is 242 g/mol. The zero-order valence-corrected chi connectivity index (χ0v) is 8.70. The quantitative estimate of drug-likeness (QED) is 0.840. The van der Waals surface area contributed by atoms with Crippen LogP contribution in [0, 0.1) is 11.6 Å². The normalized spacial score (nSPS) is 10.5. The summed E-state index contributed by atoms with van der Waals surface area (Å²) in [7, 11) is 1.18. The van der Waals surface area contributed by atoms with Gasteiger partial charge in [0.2, 0.25) is 0 Å². The van der Waals surface area contributed by atoms with Crippen molar-refractivity contribution in [1.82, 2.24) is 5.16 Å². The van der Waals surface area contributed by atoms with Crippen molar-refractivity contribution in [3.63, 3.8) is 0 Å². The van der Waals surface area contributed by atoms with Crippen LogP contribution in [0.15, 0.2) is 16.7 Å². The minimum Gasteiger partial charge on any atom is -0.504 e. The Kier molecular flexibility index (Phi) is 2.58. The molecular weight excluding hydrogens is 234 g/mol. The number of aromatic nitrogens is 1. The van der Waals surface area contributed by atoms with Crippen LogP contribution in [0.4, 0.5) is 14.6 Å². The maximum Gasteiger partial charge on any atom is 0.176 e. The molecule has 0 bridgehead atoms. The van der Waals surface area contributed by atoms with Crippen LogP contribution in [0.1, 0.15) is 0 Å². The lowest BCUT2D eigenvalue weighted by molar-refractivity contribution is 0.367. The Morgan fingerprint density at radius 2 is 2.06 bits per heavy atom. The van der Waals surface area contributed by atoms with Gasteiger partial charge in [0, 0.05) is 12.1 Å². The minimum absolute atomic E-state index is 0.0196. The molecule has 0 fully saturated rings. The molecule has 2 aromatic rings. The van der Waals surface area contributed by atoms with Crippen molar-refractivity contribution in [2.45, 2.75) is 0 Å². The summed E-state index contributed by atoms with van der Waals surface area (Å²) >= 11 is 0. The summed E-state index contributed by atoms with van der Waals surface area (Å²) in [6, 6.07) is 1.73. The third-order valence-electron chi connectivity index (χ3n) is 2.14. The van der Waals surface area contributed by atoms with Gasteiger partial charge in [-0.1, -0.05) is 5.16 Å². The fraction of sp³-hybridized carbons (Fsp3) is 0.100. The molecule has 1 aromatic heterocycles. The molecule has 2 rings (SSSR count). The molecule has 0 radical (unpaired) electrons. The molecule has 0 saturated heterocycles. The predicted octanol–water partition coefficient (Wildman–Crippen LogP) is 1.92. The van der Waals surface area contributed by atoms with Gasteiger partial charge >= 0.3 is 0 Å². The lowest BCUT2D eigenvalue weighted by atomic mass is 10.1. The first-order chi connectivity index (χ1) is 8.04. The van der Waals surface area contributed by atoms with E-state index in [4.69, 9.17) is 15.0 Å². The number of methoxy groups -OCH3 is 1. The van der Waals surface area contributed by atoms with Crippen LogP contribution in [0.5, 0.6) is 11.5 Å². The van der Waals surface area contributed by atoms with E-state index in [1.54, 1.807) is 0 Å². The van der Waals surface area contributed by atoms with Crippen LogP contribution >= 0.6 is 0 Å². The summed E-state index contributed by atoms with van der Waals surface area (Å²) in [5.41, 5.74) is 5.05. The number of hydrogen-bond acceptors (Lipinski definition) is 5. The molecule has 7 heteroatoms. The number of halogens is 2. The fourth-order valence-corrected chi connectivity index (χ4v) is 1.43. The second-order valence-electron chi connectivity index (χ2n) is 3.21. The second-order valence-corrected chi connectivity index (χ2v) is 3.21. The van der Waals surface area contributed by atoms with Gasteiger partial charge in [-0.25, -0.2) is 8.78 Å². The summed E-state index contributed by atoms with van der Waals surface area (Å²) in [5.74, 6) is -3.30. The van der Waals surface area contributed by atoms with E-state index in [0.29, 0.717) is 6.07 Å². The highest BCUT2D eigenvalue weighted by atomic mass is 19.1. The summed E-state index contributed by atoms with van der Waals surface area (Å²) in [5, 5.41) is 12.9. The zero-order chi connectivity index (χ0) is 12.6.